The highest BCUT2D eigenvalue weighted by Gasteiger charge is 2.26. The molecule has 0 aromatic carbocycles. The van der Waals surface area contributed by atoms with Crippen LogP contribution in [0.1, 0.15) is 6.42 Å². The van der Waals surface area contributed by atoms with Crippen LogP contribution in [0.2, 0.25) is 0 Å². The molecule has 0 bridgehead atoms. The van der Waals surface area contributed by atoms with Crippen LogP contribution >= 0.6 is 24.0 Å². The first-order valence-corrected chi connectivity index (χ1v) is 5.50. The first-order chi connectivity index (χ1) is 8.51. The fourth-order valence-electron chi connectivity index (χ4n) is 1.26. The summed E-state index contributed by atoms with van der Waals surface area (Å²) in [6, 6.07) is 1.80. The summed E-state index contributed by atoms with van der Waals surface area (Å²) in [4.78, 5) is 3.82. The van der Waals surface area contributed by atoms with E-state index in [1.807, 2.05) is 6.20 Å². The second kappa shape index (κ2) is 8.99. The molecule has 0 amide bonds. The van der Waals surface area contributed by atoms with E-state index in [9.17, 15) is 13.2 Å². The molecule has 1 aromatic rings. The lowest BCUT2D eigenvalue weighted by atomic mass is 10.4. The van der Waals surface area contributed by atoms with E-state index in [-0.39, 0.29) is 30.5 Å². The molecule has 0 aliphatic heterocycles. The Bertz CT molecular complexity index is 364. The maximum absolute atomic E-state index is 11.9. The molecule has 1 heterocycles. The van der Waals surface area contributed by atoms with Gasteiger partial charge in [0.2, 0.25) is 0 Å². The summed E-state index contributed by atoms with van der Waals surface area (Å²) >= 11 is 0. The van der Waals surface area contributed by atoms with Gasteiger partial charge in [-0.3, -0.25) is 9.67 Å². The van der Waals surface area contributed by atoms with Gasteiger partial charge in [-0.15, -0.1) is 24.0 Å². The number of rotatable bonds is 5. The van der Waals surface area contributed by atoms with E-state index in [1.54, 1.807) is 16.9 Å². The molecule has 0 unspecified atom stereocenters. The molecule has 0 spiro atoms. The molecular formula is C10H17F3IN5. The van der Waals surface area contributed by atoms with Crippen molar-refractivity contribution in [3.8, 4) is 0 Å². The minimum Gasteiger partial charge on any atom is -0.356 e. The lowest BCUT2D eigenvalue weighted by Crippen LogP contribution is -2.40. The molecule has 0 atom stereocenters. The first-order valence-electron chi connectivity index (χ1n) is 5.50. The van der Waals surface area contributed by atoms with Crippen molar-refractivity contribution in [2.75, 3.05) is 20.1 Å². The molecule has 19 heavy (non-hydrogen) atoms. The monoisotopic (exact) mass is 391 g/mol. The minimum absolute atomic E-state index is 0. The van der Waals surface area contributed by atoms with Gasteiger partial charge in [0.1, 0.15) is 0 Å². The van der Waals surface area contributed by atoms with Crippen molar-refractivity contribution in [2.24, 2.45) is 4.99 Å². The van der Waals surface area contributed by atoms with Crippen LogP contribution in [-0.2, 0) is 6.54 Å². The van der Waals surface area contributed by atoms with Gasteiger partial charge in [0, 0.05) is 32.5 Å². The molecule has 0 aliphatic rings. The molecule has 2 N–H and O–H groups in total. The predicted molar refractivity (Wildman–Crippen MR) is 77.7 cm³/mol. The van der Waals surface area contributed by atoms with Gasteiger partial charge in [-0.05, 0) is 6.07 Å². The highest BCUT2D eigenvalue weighted by Crippen LogP contribution is 2.17. The molecule has 0 radical (unpaired) electrons. The highest BCUT2D eigenvalue weighted by atomic mass is 127. The number of nitrogens with zero attached hydrogens (tertiary/aromatic N) is 3. The van der Waals surface area contributed by atoms with Crippen LogP contribution in [0.25, 0.3) is 0 Å². The summed E-state index contributed by atoms with van der Waals surface area (Å²) in [6.07, 6.45) is -1.56. The zero-order valence-electron chi connectivity index (χ0n) is 10.4. The molecule has 1 rings (SSSR count). The standard InChI is InChI=1S/C10H16F3N5.HI/c1-14-9(15-5-3-10(11,12)13)16-6-8-18-7-2-4-17-18;/h2,4,7H,3,5-6,8H2,1H3,(H2,14,15,16);1H. The zero-order chi connectivity index (χ0) is 13.4. The Morgan fingerprint density at radius 3 is 2.53 bits per heavy atom. The summed E-state index contributed by atoms with van der Waals surface area (Å²) in [5.41, 5.74) is 0. The van der Waals surface area contributed by atoms with E-state index < -0.39 is 12.6 Å². The number of guanidine groups is 1. The molecule has 0 aliphatic carbocycles. The van der Waals surface area contributed by atoms with Crippen LogP contribution in [0, 0.1) is 0 Å². The summed E-state index contributed by atoms with van der Waals surface area (Å²) in [5, 5.41) is 9.50. The average Bonchev–Trinajstić information content (AvgIpc) is 2.78. The Morgan fingerprint density at radius 2 is 2.00 bits per heavy atom. The zero-order valence-corrected chi connectivity index (χ0v) is 12.8. The van der Waals surface area contributed by atoms with E-state index in [0.29, 0.717) is 19.0 Å². The van der Waals surface area contributed by atoms with Crippen LogP contribution in [0.15, 0.2) is 23.5 Å². The number of alkyl halides is 3. The first kappa shape index (κ1) is 18.0. The Balaban J connectivity index is 0.00000324. The van der Waals surface area contributed by atoms with Gasteiger partial charge in [0.25, 0.3) is 0 Å². The predicted octanol–water partition coefficient (Wildman–Crippen LogP) is 1.62. The molecule has 5 nitrogen and oxygen atoms in total. The van der Waals surface area contributed by atoms with Gasteiger partial charge in [0.15, 0.2) is 5.96 Å². The van der Waals surface area contributed by atoms with E-state index in [1.165, 1.54) is 7.05 Å². The summed E-state index contributed by atoms with van der Waals surface area (Å²) in [6.45, 7) is 0.964. The summed E-state index contributed by atoms with van der Waals surface area (Å²) in [5.74, 6) is 0.353. The smallest absolute Gasteiger partial charge is 0.356 e. The van der Waals surface area contributed by atoms with Crippen molar-refractivity contribution in [2.45, 2.75) is 19.1 Å². The van der Waals surface area contributed by atoms with Crippen molar-refractivity contribution in [1.29, 1.82) is 0 Å². The van der Waals surface area contributed by atoms with Gasteiger partial charge >= 0.3 is 6.18 Å². The van der Waals surface area contributed by atoms with Gasteiger partial charge in [0.05, 0.1) is 13.0 Å². The second-order valence-electron chi connectivity index (χ2n) is 3.56. The minimum atomic E-state index is -4.15. The number of aliphatic imine (C=N–C) groups is 1. The lowest BCUT2D eigenvalue weighted by Gasteiger charge is -2.12. The third-order valence-corrected chi connectivity index (χ3v) is 2.12. The van der Waals surface area contributed by atoms with Gasteiger partial charge in [-0.25, -0.2) is 0 Å². The van der Waals surface area contributed by atoms with Crippen LogP contribution in [-0.4, -0.2) is 42.1 Å². The highest BCUT2D eigenvalue weighted by molar-refractivity contribution is 14.0. The van der Waals surface area contributed by atoms with Crippen LogP contribution in [0.5, 0.6) is 0 Å². The maximum atomic E-state index is 11.9. The van der Waals surface area contributed by atoms with Gasteiger partial charge < -0.3 is 10.6 Å². The third-order valence-electron chi connectivity index (χ3n) is 2.12. The molecular weight excluding hydrogens is 374 g/mol. The van der Waals surface area contributed by atoms with Crippen molar-refractivity contribution < 1.29 is 13.2 Å². The molecule has 0 fully saturated rings. The van der Waals surface area contributed by atoms with E-state index in [4.69, 9.17) is 0 Å². The SMILES string of the molecule is CN=C(NCCn1cccn1)NCCC(F)(F)F.I. The third kappa shape index (κ3) is 8.67. The summed E-state index contributed by atoms with van der Waals surface area (Å²) in [7, 11) is 1.51. The Kier molecular flexibility index (Phi) is 8.52. The van der Waals surface area contributed by atoms with Crippen molar-refractivity contribution in [3.63, 3.8) is 0 Å². The van der Waals surface area contributed by atoms with Crippen LogP contribution < -0.4 is 10.6 Å². The van der Waals surface area contributed by atoms with Crippen molar-refractivity contribution in [1.82, 2.24) is 20.4 Å². The Morgan fingerprint density at radius 1 is 1.32 bits per heavy atom. The number of halogens is 4. The number of aromatic nitrogens is 2. The fourth-order valence-corrected chi connectivity index (χ4v) is 1.26. The van der Waals surface area contributed by atoms with E-state index in [2.05, 4.69) is 20.7 Å². The van der Waals surface area contributed by atoms with Gasteiger partial charge in [-0.2, -0.15) is 18.3 Å². The fraction of sp³-hybridized carbons (Fsp3) is 0.600. The largest absolute Gasteiger partial charge is 0.390 e. The van der Waals surface area contributed by atoms with E-state index >= 15 is 0 Å². The maximum Gasteiger partial charge on any atom is 0.390 e. The van der Waals surface area contributed by atoms with Crippen molar-refractivity contribution in [3.05, 3.63) is 18.5 Å². The number of hydrogen-bond donors (Lipinski definition) is 2. The Hall–Kier alpha value is -1.00. The summed E-state index contributed by atoms with van der Waals surface area (Å²) < 4.78 is 37.5. The van der Waals surface area contributed by atoms with Crippen LogP contribution in [0.4, 0.5) is 13.2 Å². The molecule has 110 valence electrons. The van der Waals surface area contributed by atoms with Crippen molar-refractivity contribution >= 4 is 29.9 Å². The van der Waals surface area contributed by atoms with Crippen LogP contribution in [0.3, 0.4) is 0 Å². The number of hydrogen-bond acceptors (Lipinski definition) is 2. The normalized spacial score (nSPS) is 11.9. The number of nitrogens with one attached hydrogen (secondary N) is 2. The molecule has 0 saturated heterocycles. The Labute approximate surface area is 126 Å². The molecule has 9 heteroatoms. The molecule has 1 aromatic heterocycles. The topological polar surface area (TPSA) is 54.2 Å². The average molecular weight is 391 g/mol. The van der Waals surface area contributed by atoms with E-state index in [0.717, 1.165) is 0 Å². The molecule has 0 saturated carbocycles. The van der Waals surface area contributed by atoms with Gasteiger partial charge in [-0.1, -0.05) is 0 Å². The second-order valence-corrected chi connectivity index (χ2v) is 3.56. The lowest BCUT2D eigenvalue weighted by molar-refractivity contribution is -0.132. The quantitative estimate of drug-likeness (QED) is 0.456.